The van der Waals surface area contributed by atoms with E-state index in [-0.39, 0.29) is 5.91 Å². The summed E-state index contributed by atoms with van der Waals surface area (Å²) in [6, 6.07) is 5.52. The lowest BCUT2D eigenvalue weighted by Crippen LogP contribution is -2.49. The van der Waals surface area contributed by atoms with Crippen LogP contribution in [0, 0.1) is 0 Å². The van der Waals surface area contributed by atoms with Gasteiger partial charge in [-0.25, -0.2) is 0 Å². The van der Waals surface area contributed by atoms with Crippen LogP contribution in [0.4, 0.5) is 5.69 Å². The standard InChI is InChI=1S/C26H35Cl2N3O3/c1-3-5-7-15-33-23-10-9-20(17-24(23)34-16-8-6-4-2)26(32)31-13-11-30(12-14-31)25-21(27)18-29-19-22(25)28/h9-10,17-19H,3-8,11-16H2,1-2H3. The molecule has 0 radical (unpaired) electrons. The van der Waals surface area contributed by atoms with Gasteiger partial charge in [-0.1, -0.05) is 62.7 Å². The summed E-state index contributed by atoms with van der Waals surface area (Å²) in [5.74, 6) is 1.34. The average Bonchev–Trinajstić information content (AvgIpc) is 2.85. The third-order valence-corrected chi connectivity index (χ3v) is 6.47. The maximum absolute atomic E-state index is 13.3. The molecule has 34 heavy (non-hydrogen) atoms. The van der Waals surface area contributed by atoms with E-state index in [0.29, 0.717) is 66.5 Å². The molecule has 0 unspecified atom stereocenters. The zero-order valence-electron chi connectivity index (χ0n) is 20.2. The second-order valence-electron chi connectivity index (χ2n) is 8.50. The minimum atomic E-state index is -0.0116. The number of anilines is 1. The summed E-state index contributed by atoms with van der Waals surface area (Å²) in [5.41, 5.74) is 1.39. The van der Waals surface area contributed by atoms with Crippen LogP contribution in [0.3, 0.4) is 0 Å². The number of piperazine rings is 1. The SMILES string of the molecule is CCCCCOc1ccc(C(=O)N2CCN(c3c(Cl)cncc3Cl)CC2)cc1OCCCCC. The van der Waals surface area contributed by atoms with Crippen LogP contribution in [0.5, 0.6) is 11.5 Å². The molecule has 3 rings (SSSR count). The monoisotopic (exact) mass is 507 g/mol. The Morgan fingerprint density at radius 3 is 2.06 bits per heavy atom. The predicted octanol–water partition coefficient (Wildman–Crippen LogP) is 6.49. The van der Waals surface area contributed by atoms with Crippen molar-refractivity contribution in [2.24, 2.45) is 0 Å². The summed E-state index contributed by atoms with van der Waals surface area (Å²) in [6.45, 7) is 8.05. The average molecular weight is 508 g/mol. The Hall–Kier alpha value is -2.18. The highest BCUT2D eigenvalue weighted by Crippen LogP contribution is 2.34. The highest BCUT2D eigenvalue weighted by molar-refractivity contribution is 6.38. The van der Waals surface area contributed by atoms with E-state index in [0.717, 1.165) is 44.2 Å². The predicted molar refractivity (Wildman–Crippen MR) is 139 cm³/mol. The van der Waals surface area contributed by atoms with Crippen molar-refractivity contribution in [3.8, 4) is 11.5 Å². The number of aromatic nitrogens is 1. The Balaban J connectivity index is 1.66. The highest BCUT2D eigenvalue weighted by Gasteiger charge is 2.25. The third kappa shape index (κ3) is 7.16. The van der Waals surface area contributed by atoms with E-state index in [1.54, 1.807) is 12.4 Å². The van der Waals surface area contributed by atoms with Crippen LogP contribution in [0.15, 0.2) is 30.6 Å². The van der Waals surface area contributed by atoms with Gasteiger partial charge in [0, 0.05) is 44.1 Å². The summed E-state index contributed by atoms with van der Waals surface area (Å²) in [7, 11) is 0. The second kappa shape index (κ2) is 13.6. The first kappa shape index (κ1) is 26.4. The van der Waals surface area contributed by atoms with Crippen molar-refractivity contribution in [3.63, 3.8) is 0 Å². The van der Waals surface area contributed by atoms with E-state index in [9.17, 15) is 4.79 Å². The van der Waals surface area contributed by atoms with Gasteiger partial charge in [-0.2, -0.15) is 0 Å². The summed E-state index contributed by atoms with van der Waals surface area (Å²) < 4.78 is 12.0. The molecule has 2 heterocycles. The van der Waals surface area contributed by atoms with Crippen molar-refractivity contribution in [1.82, 2.24) is 9.88 Å². The lowest BCUT2D eigenvalue weighted by Gasteiger charge is -2.36. The smallest absolute Gasteiger partial charge is 0.254 e. The largest absolute Gasteiger partial charge is 0.490 e. The van der Waals surface area contributed by atoms with E-state index in [4.69, 9.17) is 32.7 Å². The van der Waals surface area contributed by atoms with E-state index in [1.807, 2.05) is 23.1 Å². The van der Waals surface area contributed by atoms with Crippen LogP contribution in [0.1, 0.15) is 62.7 Å². The summed E-state index contributed by atoms with van der Waals surface area (Å²) >= 11 is 12.6. The Morgan fingerprint density at radius 1 is 0.882 bits per heavy atom. The maximum atomic E-state index is 13.3. The van der Waals surface area contributed by atoms with Crippen LogP contribution in [0.2, 0.25) is 10.0 Å². The molecule has 1 aliphatic rings. The van der Waals surface area contributed by atoms with Gasteiger partial charge in [-0.3, -0.25) is 9.78 Å². The van der Waals surface area contributed by atoms with Crippen LogP contribution >= 0.6 is 23.2 Å². The molecule has 0 bridgehead atoms. The van der Waals surface area contributed by atoms with E-state index in [1.165, 1.54) is 0 Å². The summed E-state index contributed by atoms with van der Waals surface area (Å²) in [5, 5.41) is 1.04. The first-order valence-electron chi connectivity index (χ1n) is 12.3. The van der Waals surface area contributed by atoms with E-state index in [2.05, 4.69) is 23.7 Å². The van der Waals surface area contributed by atoms with Gasteiger partial charge in [-0.05, 0) is 31.0 Å². The molecule has 0 aliphatic carbocycles. The number of amides is 1. The van der Waals surface area contributed by atoms with Crippen LogP contribution < -0.4 is 14.4 Å². The van der Waals surface area contributed by atoms with Gasteiger partial charge in [0.05, 0.1) is 28.9 Å². The number of nitrogens with zero attached hydrogens (tertiary/aromatic N) is 3. The molecule has 1 fully saturated rings. The molecule has 8 heteroatoms. The molecule has 2 aromatic rings. The van der Waals surface area contributed by atoms with Crippen LogP contribution in [-0.4, -0.2) is 55.2 Å². The number of benzene rings is 1. The fourth-order valence-electron chi connectivity index (χ4n) is 3.96. The first-order valence-corrected chi connectivity index (χ1v) is 13.0. The quantitative estimate of drug-likeness (QED) is 0.307. The van der Waals surface area contributed by atoms with Gasteiger partial charge in [0.25, 0.3) is 5.91 Å². The molecule has 1 aliphatic heterocycles. The minimum absolute atomic E-state index is 0.0116. The molecule has 1 aromatic heterocycles. The van der Waals surface area contributed by atoms with Gasteiger partial charge < -0.3 is 19.3 Å². The first-order chi connectivity index (χ1) is 16.5. The van der Waals surface area contributed by atoms with E-state index >= 15 is 0 Å². The van der Waals surface area contributed by atoms with Crippen molar-refractivity contribution < 1.29 is 14.3 Å². The topological polar surface area (TPSA) is 54.9 Å². The Morgan fingerprint density at radius 2 is 1.47 bits per heavy atom. The van der Waals surface area contributed by atoms with Gasteiger partial charge in [-0.15, -0.1) is 0 Å². The zero-order chi connectivity index (χ0) is 24.3. The van der Waals surface area contributed by atoms with Gasteiger partial charge >= 0.3 is 0 Å². The summed E-state index contributed by atoms with van der Waals surface area (Å²) in [4.78, 5) is 21.2. The lowest BCUT2D eigenvalue weighted by molar-refractivity contribution is 0.0746. The number of rotatable bonds is 12. The second-order valence-corrected chi connectivity index (χ2v) is 9.32. The molecule has 186 valence electrons. The third-order valence-electron chi connectivity index (χ3n) is 5.91. The van der Waals surface area contributed by atoms with Crippen molar-refractivity contribution in [3.05, 3.63) is 46.2 Å². The van der Waals surface area contributed by atoms with Gasteiger partial charge in [0.2, 0.25) is 0 Å². The van der Waals surface area contributed by atoms with Crippen molar-refractivity contribution in [2.45, 2.75) is 52.4 Å². The molecule has 1 amide bonds. The fraction of sp³-hybridized carbons (Fsp3) is 0.538. The number of pyridine rings is 1. The van der Waals surface area contributed by atoms with Gasteiger partial charge in [0.1, 0.15) is 0 Å². The number of ether oxygens (including phenoxy) is 2. The lowest BCUT2D eigenvalue weighted by atomic mass is 10.1. The molecule has 6 nitrogen and oxygen atoms in total. The molecule has 0 saturated carbocycles. The van der Waals surface area contributed by atoms with Crippen molar-refractivity contribution >= 4 is 34.8 Å². The molecule has 1 aromatic carbocycles. The molecular weight excluding hydrogens is 473 g/mol. The Labute approximate surface area is 213 Å². The molecular formula is C26H35Cl2N3O3. The number of halogens is 2. The molecule has 0 atom stereocenters. The number of hydrogen-bond acceptors (Lipinski definition) is 5. The number of carbonyl (C=O) groups excluding carboxylic acids is 1. The molecule has 1 saturated heterocycles. The minimum Gasteiger partial charge on any atom is -0.490 e. The normalized spacial score (nSPS) is 13.8. The highest BCUT2D eigenvalue weighted by atomic mass is 35.5. The van der Waals surface area contributed by atoms with Crippen LogP contribution in [-0.2, 0) is 0 Å². The molecule has 0 N–H and O–H groups in total. The Kier molecular flexibility index (Phi) is 10.6. The Bertz CT molecular complexity index is 913. The number of carbonyl (C=O) groups is 1. The van der Waals surface area contributed by atoms with Crippen molar-refractivity contribution in [1.29, 1.82) is 0 Å². The maximum Gasteiger partial charge on any atom is 0.254 e. The van der Waals surface area contributed by atoms with Crippen LogP contribution in [0.25, 0.3) is 0 Å². The van der Waals surface area contributed by atoms with Gasteiger partial charge in [0.15, 0.2) is 11.5 Å². The van der Waals surface area contributed by atoms with Crippen molar-refractivity contribution in [2.75, 3.05) is 44.3 Å². The van der Waals surface area contributed by atoms with E-state index < -0.39 is 0 Å². The molecule has 0 spiro atoms. The fourth-order valence-corrected chi connectivity index (χ4v) is 4.57. The number of hydrogen-bond donors (Lipinski definition) is 0. The summed E-state index contributed by atoms with van der Waals surface area (Å²) in [6.07, 6.45) is 9.68. The number of unbranched alkanes of at least 4 members (excludes halogenated alkanes) is 4. The zero-order valence-corrected chi connectivity index (χ0v) is 21.7.